The number of unbranched alkanes of at least 4 members (excludes halogenated alkanes) is 1. The Hall–Kier alpha value is -1.50. The molecule has 0 aliphatic rings. The topological polar surface area (TPSA) is 80.1 Å². The zero-order valence-electron chi connectivity index (χ0n) is 11.3. The van der Waals surface area contributed by atoms with Gasteiger partial charge in [-0.2, -0.15) is 11.8 Å². The van der Waals surface area contributed by atoms with Crippen LogP contribution in [0.25, 0.3) is 0 Å². The van der Waals surface area contributed by atoms with Crippen LogP contribution in [0.15, 0.2) is 12.1 Å². The Bertz CT molecular complexity index is 415. The van der Waals surface area contributed by atoms with E-state index in [1.54, 1.807) is 17.8 Å². The van der Waals surface area contributed by atoms with Gasteiger partial charge in [0.05, 0.1) is 4.92 Å². The SMILES string of the molecule is CCNc1ccc([N+](=O)[O-])c(NCCCCSC)n1. The van der Waals surface area contributed by atoms with Crippen molar-refractivity contribution in [3.05, 3.63) is 22.2 Å². The number of rotatable bonds is 9. The molecule has 0 aliphatic heterocycles. The second-order valence-corrected chi connectivity index (χ2v) is 4.96. The van der Waals surface area contributed by atoms with E-state index in [-0.39, 0.29) is 5.69 Å². The van der Waals surface area contributed by atoms with Crippen LogP contribution in [0.5, 0.6) is 0 Å². The van der Waals surface area contributed by atoms with E-state index >= 15 is 0 Å². The first-order valence-electron chi connectivity index (χ1n) is 6.31. The lowest BCUT2D eigenvalue weighted by Crippen LogP contribution is -2.08. The summed E-state index contributed by atoms with van der Waals surface area (Å²) >= 11 is 1.80. The van der Waals surface area contributed by atoms with Gasteiger partial charge in [-0.3, -0.25) is 10.1 Å². The lowest BCUT2D eigenvalue weighted by Gasteiger charge is -2.08. The molecule has 0 atom stereocenters. The van der Waals surface area contributed by atoms with Gasteiger partial charge in [-0.05, 0) is 37.8 Å². The van der Waals surface area contributed by atoms with Crippen LogP contribution in [-0.2, 0) is 0 Å². The van der Waals surface area contributed by atoms with Crippen LogP contribution < -0.4 is 10.6 Å². The van der Waals surface area contributed by atoms with Crippen molar-refractivity contribution < 1.29 is 4.92 Å². The lowest BCUT2D eigenvalue weighted by molar-refractivity contribution is -0.384. The van der Waals surface area contributed by atoms with Crippen LogP contribution in [0, 0.1) is 10.1 Å². The quantitative estimate of drug-likeness (QED) is 0.412. The zero-order chi connectivity index (χ0) is 14.1. The third-order valence-electron chi connectivity index (χ3n) is 2.50. The first-order chi connectivity index (χ1) is 9.19. The van der Waals surface area contributed by atoms with E-state index in [1.807, 2.05) is 6.92 Å². The Kier molecular flexibility index (Phi) is 7.02. The summed E-state index contributed by atoms with van der Waals surface area (Å²) in [7, 11) is 0. The maximum Gasteiger partial charge on any atom is 0.311 e. The predicted octanol–water partition coefficient (Wildman–Crippen LogP) is 2.98. The van der Waals surface area contributed by atoms with Crippen molar-refractivity contribution in [2.45, 2.75) is 19.8 Å². The Morgan fingerprint density at radius 1 is 1.37 bits per heavy atom. The van der Waals surface area contributed by atoms with Crippen LogP contribution in [0.2, 0.25) is 0 Å². The normalized spacial score (nSPS) is 10.2. The summed E-state index contributed by atoms with van der Waals surface area (Å²) in [5.41, 5.74) is 0.0199. The fourth-order valence-corrected chi connectivity index (χ4v) is 2.08. The average Bonchev–Trinajstić information content (AvgIpc) is 2.39. The average molecular weight is 284 g/mol. The number of nitro groups is 1. The molecule has 0 spiro atoms. The van der Waals surface area contributed by atoms with Gasteiger partial charge in [-0.25, -0.2) is 4.98 Å². The second-order valence-electron chi connectivity index (χ2n) is 3.98. The molecule has 1 rings (SSSR count). The van der Waals surface area contributed by atoms with Crippen LogP contribution >= 0.6 is 11.8 Å². The Labute approximate surface area is 117 Å². The third kappa shape index (κ3) is 5.34. The van der Waals surface area contributed by atoms with Gasteiger partial charge in [0, 0.05) is 19.2 Å². The fraction of sp³-hybridized carbons (Fsp3) is 0.583. The van der Waals surface area contributed by atoms with Crippen LogP contribution in [0.4, 0.5) is 17.3 Å². The minimum atomic E-state index is -0.410. The van der Waals surface area contributed by atoms with E-state index in [1.165, 1.54) is 6.07 Å². The van der Waals surface area contributed by atoms with Crippen molar-refractivity contribution in [1.82, 2.24) is 4.98 Å². The summed E-state index contributed by atoms with van der Waals surface area (Å²) < 4.78 is 0. The Morgan fingerprint density at radius 2 is 2.16 bits per heavy atom. The standard InChI is InChI=1S/C12H20N4O2S/c1-3-13-11-7-6-10(16(17)18)12(15-11)14-8-4-5-9-19-2/h6-7H,3-5,8-9H2,1-2H3,(H2,13,14,15). The molecule has 106 valence electrons. The number of hydrogen-bond donors (Lipinski definition) is 2. The van der Waals surface area contributed by atoms with Crippen molar-refractivity contribution in [2.75, 3.05) is 35.7 Å². The molecule has 0 aliphatic carbocycles. The van der Waals surface area contributed by atoms with Crippen molar-refractivity contribution >= 4 is 29.1 Å². The first kappa shape index (κ1) is 15.6. The molecule has 7 heteroatoms. The number of aromatic nitrogens is 1. The molecule has 0 radical (unpaired) electrons. The number of nitrogens with zero attached hydrogens (tertiary/aromatic N) is 2. The summed E-state index contributed by atoms with van der Waals surface area (Å²) in [5, 5.41) is 17.0. The smallest absolute Gasteiger partial charge is 0.311 e. The number of pyridine rings is 1. The molecule has 6 nitrogen and oxygen atoms in total. The molecule has 0 aromatic carbocycles. The molecule has 0 saturated carbocycles. The van der Waals surface area contributed by atoms with Crippen molar-refractivity contribution in [3.8, 4) is 0 Å². The molecule has 0 saturated heterocycles. The van der Waals surface area contributed by atoms with Gasteiger partial charge >= 0.3 is 5.69 Å². The van der Waals surface area contributed by atoms with Crippen LogP contribution in [0.3, 0.4) is 0 Å². The maximum absolute atomic E-state index is 10.9. The second kappa shape index (κ2) is 8.58. The largest absolute Gasteiger partial charge is 0.370 e. The van der Waals surface area contributed by atoms with E-state index in [9.17, 15) is 10.1 Å². The highest BCUT2D eigenvalue weighted by atomic mass is 32.2. The van der Waals surface area contributed by atoms with Gasteiger partial charge in [0.25, 0.3) is 0 Å². The first-order valence-corrected chi connectivity index (χ1v) is 7.70. The zero-order valence-corrected chi connectivity index (χ0v) is 12.1. The molecular formula is C12H20N4O2S. The highest BCUT2D eigenvalue weighted by Gasteiger charge is 2.15. The van der Waals surface area contributed by atoms with E-state index < -0.39 is 4.92 Å². The van der Waals surface area contributed by atoms with Gasteiger partial charge in [0.1, 0.15) is 5.82 Å². The molecule has 1 aromatic heterocycles. The van der Waals surface area contributed by atoms with Crippen LogP contribution in [-0.4, -0.2) is 35.0 Å². The van der Waals surface area contributed by atoms with E-state index in [0.717, 1.165) is 25.1 Å². The van der Waals surface area contributed by atoms with Gasteiger partial charge in [-0.1, -0.05) is 0 Å². The van der Waals surface area contributed by atoms with Crippen molar-refractivity contribution in [2.24, 2.45) is 0 Å². The molecule has 0 unspecified atom stereocenters. The maximum atomic E-state index is 10.9. The van der Waals surface area contributed by atoms with Crippen molar-refractivity contribution in [3.63, 3.8) is 0 Å². The predicted molar refractivity (Wildman–Crippen MR) is 81.2 cm³/mol. The van der Waals surface area contributed by atoms with Gasteiger partial charge < -0.3 is 10.6 Å². The summed E-state index contributed by atoms with van der Waals surface area (Å²) in [4.78, 5) is 14.8. The molecule has 19 heavy (non-hydrogen) atoms. The summed E-state index contributed by atoms with van der Waals surface area (Å²) in [6.07, 6.45) is 4.14. The molecule has 0 bridgehead atoms. The Morgan fingerprint density at radius 3 is 2.79 bits per heavy atom. The summed E-state index contributed by atoms with van der Waals surface area (Å²) in [6.45, 7) is 3.39. The van der Waals surface area contributed by atoms with E-state index in [2.05, 4.69) is 21.9 Å². The van der Waals surface area contributed by atoms with Crippen LogP contribution in [0.1, 0.15) is 19.8 Å². The van der Waals surface area contributed by atoms with E-state index in [0.29, 0.717) is 18.2 Å². The number of anilines is 2. The van der Waals surface area contributed by atoms with Gasteiger partial charge in [-0.15, -0.1) is 0 Å². The number of hydrogen-bond acceptors (Lipinski definition) is 6. The molecule has 0 fully saturated rings. The molecule has 2 N–H and O–H groups in total. The fourth-order valence-electron chi connectivity index (χ4n) is 1.59. The molecule has 0 amide bonds. The van der Waals surface area contributed by atoms with E-state index in [4.69, 9.17) is 0 Å². The summed E-state index contributed by atoms with van der Waals surface area (Å²) in [5.74, 6) is 2.10. The molecule has 1 aromatic rings. The van der Waals surface area contributed by atoms with Gasteiger partial charge in [0.2, 0.25) is 5.82 Å². The lowest BCUT2D eigenvalue weighted by atomic mass is 10.3. The van der Waals surface area contributed by atoms with Crippen molar-refractivity contribution in [1.29, 1.82) is 0 Å². The minimum absolute atomic E-state index is 0.0199. The minimum Gasteiger partial charge on any atom is -0.370 e. The van der Waals surface area contributed by atoms with Gasteiger partial charge in [0.15, 0.2) is 0 Å². The number of nitrogens with one attached hydrogen (secondary N) is 2. The highest BCUT2D eigenvalue weighted by Crippen LogP contribution is 2.23. The third-order valence-corrected chi connectivity index (χ3v) is 3.19. The number of thioether (sulfide) groups is 1. The Balaban J connectivity index is 2.66. The molecule has 1 heterocycles. The summed E-state index contributed by atoms with van der Waals surface area (Å²) in [6, 6.07) is 3.11. The highest BCUT2D eigenvalue weighted by molar-refractivity contribution is 7.98. The molecular weight excluding hydrogens is 264 g/mol. The monoisotopic (exact) mass is 284 g/mol.